The molecule has 140 valence electrons. The van der Waals surface area contributed by atoms with E-state index in [-0.39, 0.29) is 11.8 Å². The maximum absolute atomic E-state index is 12.9. The molecule has 0 saturated carbocycles. The number of likely N-dealkylation sites (tertiary alicyclic amines) is 1. The Bertz CT molecular complexity index is 746. The summed E-state index contributed by atoms with van der Waals surface area (Å²) in [5.74, 6) is 1.01. The van der Waals surface area contributed by atoms with Crippen molar-refractivity contribution in [3.63, 3.8) is 0 Å². The van der Waals surface area contributed by atoms with Crippen molar-refractivity contribution in [3.05, 3.63) is 29.3 Å². The zero-order valence-electron chi connectivity index (χ0n) is 14.8. The number of fused-ring (bicyclic) bond motifs is 1. The summed E-state index contributed by atoms with van der Waals surface area (Å²) in [5.41, 5.74) is 6.28. The Labute approximate surface area is 161 Å². The largest absolute Gasteiger partial charge is 0.352 e. The van der Waals surface area contributed by atoms with Crippen molar-refractivity contribution in [2.75, 3.05) is 25.1 Å². The second-order valence-electron chi connectivity index (χ2n) is 6.49. The Morgan fingerprint density at radius 3 is 3.00 bits per heavy atom. The van der Waals surface area contributed by atoms with Crippen LogP contribution in [0.25, 0.3) is 10.2 Å². The molecule has 1 aliphatic heterocycles. The molecular weight excluding hydrogens is 368 g/mol. The molecule has 2 atom stereocenters. The molecule has 8 heteroatoms. The van der Waals surface area contributed by atoms with E-state index in [1.165, 1.54) is 4.70 Å². The van der Waals surface area contributed by atoms with E-state index in [0.29, 0.717) is 13.0 Å². The number of carbonyl (C=O) groups is 2. The smallest absolute Gasteiger partial charge is 0.312 e. The maximum atomic E-state index is 12.9. The molecule has 6 nitrogen and oxygen atoms in total. The molecule has 3 N–H and O–H groups in total. The monoisotopic (exact) mass is 392 g/mol. The van der Waals surface area contributed by atoms with Crippen molar-refractivity contribution in [1.82, 2.24) is 15.2 Å². The number of nitrogens with two attached hydrogens (primary N) is 1. The first-order valence-electron chi connectivity index (χ1n) is 8.77. The number of thioether (sulfide) groups is 1. The van der Waals surface area contributed by atoms with E-state index in [0.717, 1.165) is 35.7 Å². The zero-order valence-corrected chi connectivity index (χ0v) is 16.4. The van der Waals surface area contributed by atoms with Crippen LogP contribution in [0, 0.1) is 0 Å². The van der Waals surface area contributed by atoms with E-state index in [1.54, 1.807) is 23.1 Å². The highest BCUT2D eigenvalue weighted by atomic mass is 32.2. The first-order valence-corrected chi connectivity index (χ1v) is 11.0. The summed E-state index contributed by atoms with van der Waals surface area (Å²) >= 11 is 3.36. The second-order valence-corrected chi connectivity index (χ2v) is 8.53. The van der Waals surface area contributed by atoms with Crippen LogP contribution in [0.2, 0.25) is 0 Å². The maximum Gasteiger partial charge on any atom is 0.312 e. The summed E-state index contributed by atoms with van der Waals surface area (Å²) in [5, 5.41) is 3.70. The SMILES string of the molecule is CSCC[C@H](NC(N)=O)C(=O)N1CCC[C@H](c2nc3ccccc3s2)C1. The van der Waals surface area contributed by atoms with Gasteiger partial charge in [-0.15, -0.1) is 11.3 Å². The Morgan fingerprint density at radius 1 is 1.46 bits per heavy atom. The lowest BCUT2D eigenvalue weighted by Gasteiger charge is -2.34. The molecule has 1 aromatic heterocycles. The quantitative estimate of drug-likeness (QED) is 0.791. The third kappa shape index (κ3) is 4.48. The molecule has 1 fully saturated rings. The average molecular weight is 393 g/mol. The van der Waals surface area contributed by atoms with Crippen molar-refractivity contribution in [2.45, 2.75) is 31.2 Å². The predicted octanol–water partition coefficient (Wildman–Crippen LogP) is 2.79. The fourth-order valence-electron chi connectivity index (χ4n) is 3.33. The number of amides is 3. The van der Waals surface area contributed by atoms with E-state index in [9.17, 15) is 9.59 Å². The fourth-order valence-corrected chi connectivity index (χ4v) is 4.89. The molecule has 2 aromatic rings. The van der Waals surface area contributed by atoms with Crippen LogP contribution in [-0.2, 0) is 4.79 Å². The highest BCUT2D eigenvalue weighted by molar-refractivity contribution is 7.98. The van der Waals surface area contributed by atoms with Gasteiger partial charge in [0.15, 0.2) is 0 Å². The van der Waals surface area contributed by atoms with Crippen LogP contribution in [0.5, 0.6) is 0 Å². The van der Waals surface area contributed by atoms with Crippen molar-refractivity contribution in [3.8, 4) is 0 Å². The topological polar surface area (TPSA) is 88.3 Å². The van der Waals surface area contributed by atoms with E-state index in [4.69, 9.17) is 10.7 Å². The number of carbonyl (C=O) groups excluding carboxylic acids is 2. The molecule has 3 amide bonds. The molecule has 0 spiro atoms. The molecule has 3 rings (SSSR count). The zero-order chi connectivity index (χ0) is 18.5. The minimum atomic E-state index is -0.649. The molecule has 1 saturated heterocycles. The van der Waals surface area contributed by atoms with Gasteiger partial charge in [0.2, 0.25) is 5.91 Å². The van der Waals surface area contributed by atoms with E-state index in [2.05, 4.69) is 11.4 Å². The minimum absolute atomic E-state index is 0.0383. The molecule has 0 radical (unpaired) electrons. The molecule has 26 heavy (non-hydrogen) atoms. The molecular formula is C18H24N4O2S2. The lowest BCUT2D eigenvalue weighted by Crippen LogP contribution is -2.52. The standard InChI is InChI=1S/C18H24N4O2S2/c1-25-10-8-14(21-18(19)24)17(23)22-9-4-5-12(11-22)16-20-13-6-2-3-7-15(13)26-16/h2-3,6-7,12,14H,4-5,8-11H2,1H3,(H3,19,21,24)/t12-,14-/m0/s1. The summed E-state index contributed by atoms with van der Waals surface area (Å²) < 4.78 is 1.18. The van der Waals surface area contributed by atoms with Gasteiger partial charge in [0.25, 0.3) is 0 Å². The number of thiazole rings is 1. The number of para-hydroxylation sites is 1. The van der Waals surface area contributed by atoms with Crippen molar-refractivity contribution in [2.24, 2.45) is 5.73 Å². The van der Waals surface area contributed by atoms with E-state index < -0.39 is 12.1 Å². The van der Waals surface area contributed by atoms with Crippen LogP contribution in [0.3, 0.4) is 0 Å². The molecule has 0 aliphatic carbocycles. The van der Waals surface area contributed by atoms with Gasteiger partial charge in [-0.05, 0) is 43.4 Å². The van der Waals surface area contributed by atoms with Crippen LogP contribution in [0.1, 0.15) is 30.2 Å². The Morgan fingerprint density at radius 2 is 2.27 bits per heavy atom. The number of benzene rings is 1. The minimum Gasteiger partial charge on any atom is -0.352 e. The number of urea groups is 1. The Kier molecular flexibility index (Phi) is 6.37. The third-order valence-corrected chi connectivity index (χ3v) is 6.46. The highest BCUT2D eigenvalue weighted by Crippen LogP contribution is 2.33. The fraction of sp³-hybridized carbons (Fsp3) is 0.500. The second kappa shape index (κ2) is 8.73. The van der Waals surface area contributed by atoms with Gasteiger partial charge < -0.3 is 16.0 Å². The van der Waals surface area contributed by atoms with Crippen molar-refractivity contribution < 1.29 is 9.59 Å². The first kappa shape index (κ1) is 19.0. The first-order chi connectivity index (χ1) is 12.6. The van der Waals surface area contributed by atoms with Crippen LogP contribution < -0.4 is 11.1 Å². The predicted molar refractivity (Wildman–Crippen MR) is 108 cm³/mol. The summed E-state index contributed by atoms with van der Waals surface area (Å²) in [6.45, 7) is 1.37. The number of aromatic nitrogens is 1. The summed E-state index contributed by atoms with van der Waals surface area (Å²) in [6, 6.07) is 6.92. The summed E-state index contributed by atoms with van der Waals surface area (Å²) in [4.78, 5) is 30.8. The number of rotatable bonds is 6. The number of piperidine rings is 1. The number of hydrogen-bond donors (Lipinski definition) is 2. The average Bonchev–Trinajstić information content (AvgIpc) is 3.08. The molecule has 1 aliphatic rings. The van der Waals surface area contributed by atoms with Gasteiger partial charge in [-0.1, -0.05) is 12.1 Å². The van der Waals surface area contributed by atoms with Crippen LogP contribution in [0.15, 0.2) is 24.3 Å². The Balaban J connectivity index is 1.71. The number of nitrogens with zero attached hydrogens (tertiary/aromatic N) is 2. The van der Waals surface area contributed by atoms with Gasteiger partial charge >= 0.3 is 6.03 Å². The third-order valence-electron chi connectivity index (χ3n) is 4.62. The normalized spacial score (nSPS) is 18.7. The van der Waals surface area contributed by atoms with E-state index >= 15 is 0 Å². The van der Waals surface area contributed by atoms with Gasteiger partial charge in [-0.2, -0.15) is 11.8 Å². The lowest BCUT2D eigenvalue weighted by molar-refractivity contribution is -0.134. The van der Waals surface area contributed by atoms with Gasteiger partial charge in [-0.25, -0.2) is 9.78 Å². The number of nitrogens with one attached hydrogen (secondary N) is 1. The molecule has 0 unspecified atom stereocenters. The lowest BCUT2D eigenvalue weighted by atomic mass is 9.97. The van der Waals surface area contributed by atoms with Gasteiger partial charge in [-0.3, -0.25) is 4.79 Å². The Hall–Kier alpha value is -1.80. The molecule has 2 heterocycles. The van der Waals surface area contributed by atoms with Crippen LogP contribution in [-0.4, -0.2) is 53.0 Å². The number of primary amides is 1. The molecule has 0 bridgehead atoms. The van der Waals surface area contributed by atoms with E-state index in [1.807, 2.05) is 29.4 Å². The number of hydrogen-bond acceptors (Lipinski definition) is 5. The van der Waals surface area contributed by atoms with Gasteiger partial charge in [0, 0.05) is 19.0 Å². The van der Waals surface area contributed by atoms with Crippen LogP contribution >= 0.6 is 23.1 Å². The molecule has 1 aromatic carbocycles. The summed E-state index contributed by atoms with van der Waals surface area (Å²) in [7, 11) is 0. The van der Waals surface area contributed by atoms with Crippen molar-refractivity contribution in [1.29, 1.82) is 0 Å². The highest BCUT2D eigenvalue weighted by Gasteiger charge is 2.31. The van der Waals surface area contributed by atoms with Crippen molar-refractivity contribution >= 4 is 45.3 Å². The van der Waals surface area contributed by atoms with Crippen LogP contribution in [0.4, 0.5) is 4.79 Å². The summed E-state index contributed by atoms with van der Waals surface area (Å²) in [6.07, 6.45) is 4.54. The van der Waals surface area contributed by atoms with Gasteiger partial charge in [0.05, 0.1) is 15.2 Å². The van der Waals surface area contributed by atoms with Gasteiger partial charge in [0.1, 0.15) is 6.04 Å².